The van der Waals surface area contributed by atoms with Gasteiger partial charge >= 0.3 is 0 Å². The summed E-state index contributed by atoms with van der Waals surface area (Å²) >= 11 is 6.63. The van der Waals surface area contributed by atoms with Crippen LogP contribution in [0.25, 0.3) is 6.08 Å². The second-order valence-corrected chi connectivity index (χ2v) is 9.41. The molecule has 0 N–H and O–H groups in total. The number of rotatable bonds is 4. The van der Waals surface area contributed by atoms with Crippen molar-refractivity contribution < 1.29 is 13.9 Å². The van der Waals surface area contributed by atoms with Crippen molar-refractivity contribution in [3.05, 3.63) is 51.9 Å². The molecule has 1 amide bonds. The molecule has 1 aromatic heterocycles. The highest BCUT2D eigenvalue weighted by Gasteiger charge is 2.33. The van der Waals surface area contributed by atoms with E-state index in [1.54, 1.807) is 11.0 Å². The van der Waals surface area contributed by atoms with Crippen molar-refractivity contribution in [3.8, 4) is 6.07 Å². The van der Waals surface area contributed by atoms with Gasteiger partial charge in [0.1, 0.15) is 10.4 Å². The molecule has 3 heterocycles. The number of hydrogen-bond acceptors (Lipinski definition) is 8. The predicted molar refractivity (Wildman–Crippen MR) is 123 cm³/mol. The first-order valence-electron chi connectivity index (χ1n) is 9.96. The highest BCUT2D eigenvalue weighted by Crippen LogP contribution is 2.34. The number of amides is 1. The molecule has 2 fully saturated rings. The molecule has 2 aliphatic rings. The topological polar surface area (TPSA) is 82.6 Å². The van der Waals surface area contributed by atoms with Crippen LogP contribution >= 0.6 is 24.0 Å². The van der Waals surface area contributed by atoms with Crippen LogP contribution in [0.15, 0.2) is 33.6 Å². The third-order valence-electron chi connectivity index (χ3n) is 5.03. The number of anilines is 1. The second kappa shape index (κ2) is 8.83. The van der Waals surface area contributed by atoms with Crippen molar-refractivity contribution in [3.63, 3.8) is 0 Å². The number of aryl methyl sites for hydroxylation is 1. The number of hydrogen-bond donors (Lipinski definition) is 0. The summed E-state index contributed by atoms with van der Waals surface area (Å²) in [4.78, 5) is 21.2. The Kier molecular flexibility index (Phi) is 6.14. The molecular formula is C22H22N4O3S2. The van der Waals surface area contributed by atoms with Gasteiger partial charge in [0.25, 0.3) is 5.91 Å². The Labute approximate surface area is 190 Å². The fourth-order valence-electron chi connectivity index (χ4n) is 3.65. The summed E-state index contributed by atoms with van der Waals surface area (Å²) in [5.41, 5.74) is 2.36. The first-order chi connectivity index (χ1) is 14.8. The van der Waals surface area contributed by atoms with Gasteiger partial charge < -0.3 is 14.1 Å². The van der Waals surface area contributed by atoms with Crippen LogP contribution in [0.2, 0.25) is 0 Å². The largest absolute Gasteiger partial charge is 0.420 e. The summed E-state index contributed by atoms with van der Waals surface area (Å²) in [6, 6.07) is 10.1. The normalized spacial score (nSPS) is 23.0. The SMILES string of the molecule is Cc1ccc(CN2C(=O)/C(=C\c3nc(C#N)c(N4CC(C)OC(C)C4)o3)SC2=S)cc1. The molecule has 0 spiro atoms. The number of nitrogens with zero attached hydrogens (tertiary/aromatic N) is 4. The minimum absolute atomic E-state index is 0.0156. The van der Waals surface area contributed by atoms with Gasteiger partial charge in [-0.15, -0.1) is 0 Å². The van der Waals surface area contributed by atoms with Gasteiger partial charge in [-0.3, -0.25) is 9.69 Å². The Balaban J connectivity index is 1.55. The van der Waals surface area contributed by atoms with Crippen molar-refractivity contribution in [1.82, 2.24) is 9.88 Å². The van der Waals surface area contributed by atoms with E-state index in [-0.39, 0.29) is 29.7 Å². The van der Waals surface area contributed by atoms with Gasteiger partial charge in [0.2, 0.25) is 17.5 Å². The molecule has 4 rings (SSSR count). The van der Waals surface area contributed by atoms with Gasteiger partial charge in [-0.2, -0.15) is 10.2 Å². The molecule has 9 heteroatoms. The summed E-state index contributed by atoms with van der Waals surface area (Å²) in [5.74, 6) is 0.433. The lowest BCUT2D eigenvalue weighted by Crippen LogP contribution is -2.45. The number of thiocarbonyl (C=S) groups is 1. The van der Waals surface area contributed by atoms with Crippen LogP contribution in [-0.2, 0) is 16.1 Å². The Bertz CT molecular complexity index is 1080. The van der Waals surface area contributed by atoms with Crippen molar-refractivity contribution in [2.45, 2.75) is 39.5 Å². The van der Waals surface area contributed by atoms with Crippen LogP contribution in [0.4, 0.5) is 5.88 Å². The number of thioether (sulfide) groups is 1. The van der Waals surface area contributed by atoms with E-state index in [0.717, 1.165) is 11.1 Å². The summed E-state index contributed by atoms with van der Waals surface area (Å²) in [5, 5.41) is 9.52. The number of carbonyl (C=O) groups is 1. The van der Waals surface area contributed by atoms with Crippen molar-refractivity contribution in [1.29, 1.82) is 5.26 Å². The third kappa shape index (κ3) is 4.66. The molecule has 2 aliphatic heterocycles. The van der Waals surface area contributed by atoms with E-state index in [0.29, 0.717) is 34.7 Å². The van der Waals surface area contributed by atoms with E-state index in [2.05, 4.69) is 11.1 Å². The molecule has 2 atom stereocenters. The molecule has 0 radical (unpaired) electrons. The fraction of sp³-hybridized carbons (Fsp3) is 0.364. The average Bonchev–Trinajstić information content (AvgIpc) is 3.25. The zero-order valence-corrected chi connectivity index (χ0v) is 19.1. The number of aromatic nitrogens is 1. The monoisotopic (exact) mass is 454 g/mol. The van der Waals surface area contributed by atoms with E-state index in [4.69, 9.17) is 21.4 Å². The number of nitriles is 1. The van der Waals surface area contributed by atoms with Gasteiger partial charge in [-0.1, -0.05) is 53.8 Å². The van der Waals surface area contributed by atoms with Crippen molar-refractivity contribution in [2.24, 2.45) is 0 Å². The van der Waals surface area contributed by atoms with E-state index < -0.39 is 0 Å². The number of oxazole rings is 1. The van der Waals surface area contributed by atoms with Gasteiger partial charge in [0, 0.05) is 19.2 Å². The molecule has 160 valence electrons. The fourth-order valence-corrected chi connectivity index (χ4v) is 4.87. The molecule has 31 heavy (non-hydrogen) atoms. The second-order valence-electron chi connectivity index (χ2n) is 7.73. The molecule has 1 aromatic carbocycles. The van der Waals surface area contributed by atoms with Crippen LogP contribution in [0.3, 0.4) is 0 Å². The van der Waals surface area contributed by atoms with Crippen LogP contribution < -0.4 is 4.90 Å². The number of morpholine rings is 1. The Hall–Kier alpha value is -2.67. The molecular weight excluding hydrogens is 432 g/mol. The van der Waals surface area contributed by atoms with Crippen LogP contribution in [-0.4, -0.2) is 45.4 Å². The summed E-state index contributed by atoms with van der Waals surface area (Å²) < 4.78 is 12.1. The number of carbonyl (C=O) groups excluding carboxylic acids is 1. The third-order valence-corrected chi connectivity index (χ3v) is 6.41. The van der Waals surface area contributed by atoms with Crippen LogP contribution in [0.5, 0.6) is 0 Å². The van der Waals surface area contributed by atoms with Gasteiger partial charge in [-0.05, 0) is 26.3 Å². The average molecular weight is 455 g/mol. The molecule has 2 saturated heterocycles. The van der Waals surface area contributed by atoms with Gasteiger partial charge in [-0.25, -0.2) is 0 Å². The lowest BCUT2D eigenvalue weighted by Gasteiger charge is -2.34. The van der Waals surface area contributed by atoms with Crippen molar-refractivity contribution >= 4 is 46.2 Å². The lowest BCUT2D eigenvalue weighted by atomic mass is 10.1. The first-order valence-corrected chi connectivity index (χ1v) is 11.2. The summed E-state index contributed by atoms with van der Waals surface area (Å²) in [7, 11) is 0. The van der Waals surface area contributed by atoms with Crippen LogP contribution in [0.1, 0.15) is 36.6 Å². The zero-order valence-electron chi connectivity index (χ0n) is 17.5. The van der Waals surface area contributed by atoms with E-state index in [1.807, 2.05) is 49.9 Å². The molecule has 0 aliphatic carbocycles. The summed E-state index contributed by atoms with van der Waals surface area (Å²) in [6.07, 6.45) is 1.59. The minimum Gasteiger partial charge on any atom is -0.420 e. The standard InChI is InChI=1S/C22H22N4O3S2/c1-13-4-6-16(7-5-13)12-26-20(27)18(31-22(26)30)8-19-24-17(9-23)21(29-19)25-10-14(2)28-15(3)11-25/h4-8,14-15H,10-12H2,1-3H3/b18-8+. The first kappa shape index (κ1) is 21.6. The Morgan fingerprint density at radius 3 is 2.61 bits per heavy atom. The quantitative estimate of drug-likeness (QED) is 0.509. The zero-order chi connectivity index (χ0) is 22.1. The maximum Gasteiger partial charge on any atom is 0.266 e. The highest BCUT2D eigenvalue weighted by molar-refractivity contribution is 8.26. The van der Waals surface area contributed by atoms with Gasteiger partial charge in [0.05, 0.1) is 23.7 Å². The maximum atomic E-state index is 12.9. The number of benzene rings is 1. The van der Waals surface area contributed by atoms with E-state index in [9.17, 15) is 10.1 Å². The molecule has 2 aromatic rings. The highest BCUT2D eigenvalue weighted by atomic mass is 32.2. The minimum atomic E-state index is -0.192. The predicted octanol–water partition coefficient (Wildman–Crippen LogP) is 3.87. The Morgan fingerprint density at radius 2 is 1.97 bits per heavy atom. The lowest BCUT2D eigenvalue weighted by molar-refractivity contribution is -0.122. The maximum absolute atomic E-state index is 12.9. The molecule has 0 saturated carbocycles. The van der Waals surface area contributed by atoms with Crippen LogP contribution in [0, 0.1) is 18.3 Å². The van der Waals surface area contributed by atoms with E-state index in [1.165, 1.54) is 11.8 Å². The molecule has 7 nitrogen and oxygen atoms in total. The Morgan fingerprint density at radius 1 is 1.29 bits per heavy atom. The number of ether oxygens (including phenoxy) is 1. The summed E-state index contributed by atoms with van der Waals surface area (Å²) in [6.45, 7) is 7.59. The van der Waals surface area contributed by atoms with Gasteiger partial charge in [0.15, 0.2) is 0 Å². The van der Waals surface area contributed by atoms with Crippen molar-refractivity contribution in [2.75, 3.05) is 18.0 Å². The molecule has 2 unspecified atom stereocenters. The van der Waals surface area contributed by atoms with E-state index >= 15 is 0 Å². The molecule has 0 bridgehead atoms. The smallest absolute Gasteiger partial charge is 0.266 e.